The van der Waals surface area contributed by atoms with Gasteiger partial charge in [-0.3, -0.25) is 4.79 Å². The number of carboxylic acid groups (broad SMARTS) is 1. The van der Waals surface area contributed by atoms with Crippen LogP contribution >= 0.6 is 0 Å². The smallest absolute Gasteiger partial charge is 0.306 e. The summed E-state index contributed by atoms with van der Waals surface area (Å²) >= 11 is 0. The molecule has 158 valence electrons. The van der Waals surface area contributed by atoms with Crippen LogP contribution in [-0.4, -0.2) is 20.9 Å². The summed E-state index contributed by atoms with van der Waals surface area (Å²) in [7, 11) is 0. The van der Waals surface area contributed by atoms with Crippen LogP contribution in [0.4, 0.5) is 8.78 Å². The number of benzene rings is 2. The summed E-state index contributed by atoms with van der Waals surface area (Å²) in [5.74, 6) is -3.99. The van der Waals surface area contributed by atoms with Crippen molar-refractivity contribution in [1.29, 1.82) is 0 Å². The molecule has 3 aromatic rings. The zero-order chi connectivity index (χ0) is 22.0. The third kappa shape index (κ3) is 4.84. The zero-order valence-corrected chi connectivity index (χ0v) is 17.4. The van der Waals surface area contributed by atoms with Crippen LogP contribution in [0.2, 0.25) is 0 Å². The van der Waals surface area contributed by atoms with Crippen molar-refractivity contribution in [2.24, 2.45) is 5.92 Å². The zero-order valence-electron chi connectivity index (χ0n) is 17.4. The fourth-order valence-electron chi connectivity index (χ4n) is 3.41. The molecular weight excluding hydrogens is 390 g/mol. The van der Waals surface area contributed by atoms with Gasteiger partial charge >= 0.3 is 5.97 Å². The molecule has 1 N–H and O–H groups in total. The molecule has 0 amide bonds. The number of hydrogen-bond donors (Lipinski definition) is 1. The molecule has 3 rings (SSSR count). The first-order valence-corrected chi connectivity index (χ1v) is 9.61. The van der Waals surface area contributed by atoms with E-state index in [1.54, 1.807) is 10.7 Å². The lowest BCUT2D eigenvalue weighted by atomic mass is 10.0. The van der Waals surface area contributed by atoms with Gasteiger partial charge in [-0.15, -0.1) is 0 Å². The minimum atomic E-state index is -1.02. The van der Waals surface area contributed by atoms with Crippen molar-refractivity contribution in [1.82, 2.24) is 9.78 Å². The maximum absolute atomic E-state index is 14.5. The lowest BCUT2D eigenvalue weighted by molar-refractivity contribution is -0.141. The molecule has 0 radical (unpaired) electrons. The minimum Gasteiger partial charge on any atom is -0.481 e. The molecule has 0 aliphatic rings. The number of aromatic nitrogens is 2. The molecule has 7 heteroatoms. The van der Waals surface area contributed by atoms with E-state index in [4.69, 9.17) is 9.84 Å². The molecule has 2 aromatic carbocycles. The molecule has 1 unspecified atom stereocenters. The Bertz CT molecular complexity index is 1050. The number of carboxylic acids is 1. The molecule has 0 saturated heterocycles. The molecule has 0 saturated carbocycles. The predicted molar refractivity (Wildman–Crippen MR) is 109 cm³/mol. The number of hydrogen-bond acceptors (Lipinski definition) is 3. The predicted octanol–water partition coefficient (Wildman–Crippen LogP) is 4.92. The van der Waals surface area contributed by atoms with Gasteiger partial charge in [0.1, 0.15) is 6.61 Å². The van der Waals surface area contributed by atoms with Gasteiger partial charge in [0.2, 0.25) is 0 Å². The maximum Gasteiger partial charge on any atom is 0.306 e. The summed E-state index contributed by atoms with van der Waals surface area (Å²) in [5, 5.41) is 13.5. The number of aliphatic carboxylic acids is 1. The fourth-order valence-corrected chi connectivity index (χ4v) is 3.41. The molecule has 1 atom stereocenters. The van der Waals surface area contributed by atoms with E-state index < -0.39 is 29.3 Å². The Balaban J connectivity index is 1.83. The van der Waals surface area contributed by atoms with E-state index in [1.807, 2.05) is 39.0 Å². The Kier molecular flexibility index (Phi) is 6.20. The number of ether oxygens (including phenoxy) is 1. The van der Waals surface area contributed by atoms with Crippen molar-refractivity contribution in [2.75, 3.05) is 0 Å². The van der Waals surface area contributed by atoms with Crippen molar-refractivity contribution in [3.63, 3.8) is 0 Å². The van der Waals surface area contributed by atoms with Crippen molar-refractivity contribution in [3.05, 3.63) is 76.1 Å². The fraction of sp³-hybridized carbons (Fsp3) is 0.304. The van der Waals surface area contributed by atoms with Crippen LogP contribution in [0.25, 0.3) is 5.69 Å². The first-order chi connectivity index (χ1) is 14.1. The Morgan fingerprint density at radius 2 is 1.67 bits per heavy atom. The van der Waals surface area contributed by atoms with Crippen molar-refractivity contribution in [3.8, 4) is 11.4 Å². The monoisotopic (exact) mass is 414 g/mol. The summed E-state index contributed by atoms with van der Waals surface area (Å²) in [4.78, 5) is 11.0. The van der Waals surface area contributed by atoms with Gasteiger partial charge in [-0.25, -0.2) is 13.5 Å². The molecular formula is C23H24F2N2O3. The van der Waals surface area contributed by atoms with Gasteiger partial charge < -0.3 is 9.84 Å². The highest BCUT2D eigenvalue weighted by Gasteiger charge is 2.18. The van der Waals surface area contributed by atoms with Gasteiger partial charge in [0.15, 0.2) is 17.4 Å². The van der Waals surface area contributed by atoms with E-state index in [9.17, 15) is 13.6 Å². The lowest BCUT2D eigenvalue weighted by Crippen LogP contribution is -2.13. The summed E-state index contributed by atoms with van der Waals surface area (Å²) in [5.41, 5.74) is 4.68. The van der Waals surface area contributed by atoms with Crippen LogP contribution < -0.4 is 4.74 Å². The largest absolute Gasteiger partial charge is 0.481 e. The van der Waals surface area contributed by atoms with Crippen LogP contribution in [0, 0.1) is 38.3 Å². The summed E-state index contributed by atoms with van der Waals surface area (Å²) in [6.07, 6.45) is 0.0299. The highest BCUT2D eigenvalue weighted by molar-refractivity contribution is 5.69. The van der Waals surface area contributed by atoms with Crippen molar-refractivity contribution in [2.45, 2.75) is 40.7 Å². The van der Waals surface area contributed by atoms with Crippen molar-refractivity contribution >= 4 is 5.97 Å². The molecule has 0 aliphatic heterocycles. The number of nitrogens with zero attached hydrogens (tertiary/aromatic N) is 2. The second-order valence-corrected chi connectivity index (χ2v) is 7.66. The molecule has 0 aliphatic carbocycles. The second kappa shape index (κ2) is 8.65. The van der Waals surface area contributed by atoms with E-state index in [0.717, 1.165) is 34.6 Å². The summed E-state index contributed by atoms with van der Waals surface area (Å²) in [6, 6.07) is 10.0. The number of rotatable bonds is 7. The summed E-state index contributed by atoms with van der Waals surface area (Å²) < 4.78 is 36.1. The molecule has 0 spiro atoms. The number of aryl methyl sites for hydroxylation is 3. The normalized spacial score (nSPS) is 12.1. The molecule has 1 heterocycles. The van der Waals surface area contributed by atoms with Crippen LogP contribution in [0.3, 0.4) is 0 Å². The third-order valence-corrected chi connectivity index (χ3v) is 4.74. The molecule has 1 aromatic heterocycles. The Labute approximate surface area is 173 Å². The standard InChI is InChI=1S/C23H24F2N2O3/c1-13-5-14(2)7-18(6-13)27-19(9-16(4)26-27)12-30-22-20(24)10-17(11-21(22)25)8-15(3)23(28)29/h5-7,9-11,15H,8,12H2,1-4H3,(H,28,29). The van der Waals surface area contributed by atoms with Gasteiger partial charge in [0.25, 0.3) is 0 Å². The minimum absolute atomic E-state index is 0.0299. The first kappa shape index (κ1) is 21.5. The quantitative estimate of drug-likeness (QED) is 0.596. The lowest BCUT2D eigenvalue weighted by Gasteiger charge is -2.13. The second-order valence-electron chi connectivity index (χ2n) is 7.66. The van der Waals surface area contributed by atoms with E-state index in [2.05, 4.69) is 5.10 Å². The highest BCUT2D eigenvalue weighted by atomic mass is 19.1. The number of carbonyl (C=O) groups is 1. The SMILES string of the molecule is Cc1cc(C)cc(-n2nc(C)cc2COc2c(F)cc(CC(C)C(=O)O)cc2F)c1. The van der Waals surface area contributed by atoms with Gasteiger partial charge in [0.05, 0.1) is 23.0 Å². The Hall–Kier alpha value is -3.22. The van der Waals surface area contributed by atoms with Crippen LogP contribution in [0.15, 0.2) is 36.4 Å². The molecule has 30 heavy (non-hydrogen) atoms. The highest BCUT2D eigenvalue weighted by Crippen LogP contribution is 2.26. The van der Waals surface area contributed by atoms with Crippen LogP contribution in [0.1, 0.15) is 35.0 Å². The topological polar surface area (TPSA) is 64.4 Å². The average Bonchev–Trinajstić information content (AvgIpc) is 3.00. The van der Waals surface area contributed by atoms with Gasteiger partial charge in [0, 0.05) is 0 Å². The molecule has 5 nitrogen and oxygen atoms in total. The Morgan fingerprint density at radius 1 is 1.07 bits per heavy atom. The molecule has 0 bridgehead atoms. The first-order valence-electron chi connectivity index (χ1n) is 9.61. The average molecular weight is 414 g/mol. The van der Waals surface area contributed by atoms with E-state index >= 15 is 0 Å². The van der Waals surface area contributed by atoms with Gasteiger partial charge in [-0.1, -0.05) is 13.0 Å². The van der Waals surface area contributed by atoms with Crippen molar-refractivity contribution < 1.29 is 23.4 Å². The molecule has 0 fully saturated rings. The van der Waals surface area contributed by atoms with E-state index in [0.29, 0.717) is 5.69 Å². The summed E-state index contributed by atoms with van der Waals surface area (Å²) in [6.45, 7) is 7.22. The maximum atomic E-state index is 14.5. The third-order valence-electron chi connectivity index (χ3n) is 4.74. The van der Waals surface area contributed by atoms with Crippen LogP contribution in [0.5, 0.6) is 5.75 Å². The van der Waals surface area contributed by atoms with E-state index in [-0.39, 0.29) is 18.6 Å². The number of halogens is 2. The Morgan fingerprint density at radius 3 is 2.23 bits per heavy atom. The van der Waals surface area contributed by atoms with Crippen LogP contribution in [-0.2, 0) is 17.8 Å². The van der Waals surface area contributed by atoms with Gasteiger partial charge in [-0.2, -0.15) is 5.10 Å². The van der Waals surface area contributed by atoms with Gasteiger partial charge in [-0.05, 0) is 74.2 Å². The van der Waals surface area contributed by atoms with E-state index in [1.165, 1.54) is 6.92 Å².